The van der Waals surface area contributed by atoms with Crippen LogP contribution in [0.4, 0.5) is 4.79 Å². The van der Waals surface area contributed by atoms with Crippen molar-refractivity contribution >= 4 is 35.0 Å². The molecule has 1 aromatic rings. The van der Waals surface area contributed by atoms with E-state index in [2.05, 4.69) is 16.6 Å². The molecule has 0 aliphatic carbocycles. The molecule has 0 saturated carbocycles. The Bertz CT molecular complexity index is 521. The summed E-state index contributed by atoms with van der Waals surface area (Å²) in [5, 5.41) is 6.12. The Morgan fingerprint density at radius 3 is 3.14 bits per heavy atom. The van der Waals surface area contributed by atoms with Gasteiger partial charge in [0.25, 0.3) is 0 Å². The third-order valence-corrected chi connectivity index (χ3v) is 5.29. The minimum absolute atomic E-state index is 0.00511. The van der Waals surface area contributed by atoms with Gasteiger partial charge in [0.05, 0.1) is 11.6 Å². The summed E-state index contributed by atoms with van der Waals surface area (Å²) < 4.78 is 0. The fraction of sp³-hybridized carbons (Fsp3) is 0.643. The molecule has 6 nitrogen and oxygen atoms in total. The van der Waals surface area contributed by atoms with Crippen LogP contribution in [0.15, 0.2) is 5.38 Å². The number of nitrogens with zero attached hydrogens (tertiary/aromatic N) is 2. The van der Waals surface area contributed by atoms with Gasteiger partial charge in [-0.3, -0.25) is 4.79 Å². The Morgan fingerprint density at radius 2 is 2.41 bits per heavy atom. The minimum Gasteiger partial charge on any atom is -0.355 e. The number of thioether (sulfide) groups is 1. The molecule has 0 aromatic carbocycles. The number of hydrogen-bond acceptors (Lipinski definition) is 5. The van der Waals surface area contributed by atoms with Gasteiger partial charge >= 0.3 is 6.03 Å². The van der Waals surface area contributed by atoms with Crippen LogP contribution in [0.5, 0.6) is 0 Å². The lowest BCUT2D eigenvalue weighted by Gasteiger charge is -2.30. The number of urea groups is 1. The molecule has 1 fully saturated rings. The lowest BCUT2D eigenvalue weighted by atomic mass is 9.97. The molecule has 8 heteroatoms. The number of carbonyl (C=O) groups is 2. The first-order chi connectivity index (χ1) is 10.6. The van der Waals surface area contributed by atoms with Gasteiger partial charge in [-0.05, 0) is 19.1 Å². The van der Waals surface area contributed by atoms with Crippen LogP contribution in [0.1, 0.15) is 23.5 Å². The van der Waals surface area contributed by atoms with E-state index in [1.54, 1.807) is 28.0 Å². The summed E-state index contributed by atoms with van der Waals surface area (Å²) in [6.45, 7) is 1.65. The zero-order valence-electron chi connectivity index (χ0n) is 12.7. The van der Waals surface area contributed by atoms with Gasteiger partial charge in [-0.2, -0.15) is 11.8 Å². The number of carbonyl (C=O) groups excluding carboxylic acids is 2. The van der Waals surface area contributed by atoms with E-state index in [0.717, 1.165) is 35.7 Å². The maximum atomic E-state index is 12.2. The highest BCUT2D eigenvalue weighted by Gasteiger charge is 2.27. The van der Waals surface area contributed by atoms with Crippen molar-refractivity contribution in [1.82, 2.24) is 15.2 Å². The van der Waals surface area contributed by atoms with Gasteiger partial charge in [0.1, 0.15) is 5.01 Å². The molecule has 0 spiro atoms. The number of nitrogens with two attached hydrogens (primary N) is 1. The molecule has 1 atom stereocenters. The van der Waals surface area contributed by atoms with Crippen molar-refractivity contribution in [3.05, 3.63) is 16.1 Å². The quantitative estimate of drug-likeness (QED) is 0.819. The third-order valence-electron chi connectivity index (χ3n) is 3.65. The summed E-state index contributed by atoms with van der Waals surface area (Å²) in [5.74, 6) is 0.788. The standard InChI is InChI=1S/C14H22N4O2S2/c1-21-9-12-17-11(8-22-12)4-5-16-13(19)10-3-2-6-18(7-10)14(15)20/h8,10H,2-7,9H2,1H3,(H2,15,20)(H,16,19)/t10-/m0/s1. The Kier molecular flexibility index (Phi) is 6.50. The molecule has 0 unspecified atom stereocenters. The highest BCUT2D eigenvalue weighted by atomic mass is 32.2. The van der Waals surface area contributed by atoms with E-state index < -0.39 is 6.03 Å². The highest BCUT2D eigenvalue weighted by molar-refractivity contribution is 7.97. The van der Waals surface area contributed by atoms with Crippen molar-refractivity contribution in [2.45, 2.75) is 25.0 Å². The highest BCUT2D eigenvalue weighted by Crippen LogP contribution is 2.17. The Balaban J connectivity index is 1.73. The molecule has 1 aliphatic heterocycles. The van der Waals surface area contributed by atoms with Crippen LogP contribution in [0.2, 0.25) is 0 Å². The summed E-state index contributed by atoms with van der Waals surface area (Å²) in [5.41, 5.74) is 6.30. The number of aromatic nitrogens is 1. The number of hydrogen-bond donors (Lipinski definition) is 2. The average Bonchev–Trinajstić information content (AvgIpc) is 2.95. The van der Waals surface area contributed by atoms with E-state index in [-0.39, 0.29) is 11.8 Å². The molecule has 1 saturated heterocycles. The topological polar surface area (TPSA) is 88.3 Å². The van der Waals surface area contributed by atoms with Crippen LogP contribution in [-0.2, 0) is 17.0 Å². The molecule has 122 valence electrons. The number of thiazole rings is 1. The lowest BCUT2D eigenvalue weighted by Crippen LogP contribution is -2.47. The fourth-order valence-electron chi connectivity index (χ4n) is 2.50. The van der Waals surface area contributed by atoms with E-state index in [1.165, 1.54) is 0 Å². The van der Waals surface area contributed by atoms with Gasteiger partial charge in [0.2, 0.25) is 5.91 Å². The van der Waals surface area contributed by atoms with Crippen molar-refractivity contribution in [3.8, 4) is 0 Å². The van der Waals surface area contributed by atoms with Gasteiger partial charge in [0, 0.05) is 37.2 Å². The Morgan fingerprint density at radius 1 is 1.59 bits per heavy atom. The number of piperidine rings is 1. The second-order valence-corrected chi connectivity index (χ2v) is 7.14. The second-order valence-electron chi connectivity index (χ2n) is 5.33. The largest absolute Gasteiger partial charge is 0.355 e. The molecule has 2 rings (SSSR count). The van der Waals surface area contributed by atoms with Crippen molar-refractivity contribution in [2.24, 2.45) is 11.7 Å². The summed E-state index contributed by atoms with van der Waals surface area (Å²) >= 11 is 3.42. The van der Waals surface area contributed by atoms with E-state index in [1.807, 2.05) is 5.38 Å². The van der Waals surface area contributed by atoms with Crippen molar-refractivity contribution in [2.75, 3.05) is 25.9 Å². The molecular formula is C14H22N4O2S2. The van der Waals surface area contributed by atoms with Crippen LogP contribution in [-0.4, -0.2) is 47.7 Å². The van der Waals surface area contributed by atoms with E-state index in [0.29, 0.717) is 19.6 Å². The number of primary amides is 1. The molecule has 2 heterocycles. The van der Waals surface area contributed by atoms with Crippen molar-refractivity contribution in [1.29, 1.82) is 0 Å². The van der Waals surface area contributed by atoms with Crippen LogP contribution >= 0.6 is 23.1 Å². The predicted octanol–water partition coefficient (Wildman–Crippen LogP) is 1.46. The molecule has 3 amide bonds. The monoisotopic (exact) mass is 342 g/mol. The molecular weight excluding hydrogens is 320 g/mol. The average molecular weight is 342 g/mol. The first kappa shape index (κ1) is 17.1. The van der Waals surface area contributed by atoms with Crippen LogP contribution in [0.25, 0.3) is 0 Å². The summed E-state index contributed by atoms with van der Waals surface area (Å²) in [7, 11) is 0. The summed E-state index contributed by atoms with van der Waals surface area (Å²) in [4.78, 5) is 29.4. The van der Waals surface area contributed by atoms with Crippen LogP contribution in [0, 0.1) is 5.92 Å². The molecule has 3 N–H and O–H groups in total. The zero-order valence-corrected chi connectivity index (χ0v) is 14.3. The maximum absolute atomic E-state index is 12.2. The van der Waals surface area contributed by atoms with Crippen molar-refractivity contribution < 1.29 is 9.59 Å². The number of likely N-dealkylation sites (tertiary alicyclic amines) is 1. The first-order valence-electron chi connectivity index (χ1n) is 7.34. The molecule has 22 heavy (non-hydrogen) atoms. The first-order valence-corrected chi connectivity index (χ1v) is 9.61. The van der Waals surface area contributed by atoms with Crippen LogP contribution in [0.3, 0.4) is 0 Å². The van der Waals surface area contributed by atoms with E-state index in [4.69, 9.17) is 5.73 Å². The predicted molar refractivity (Wildman–Crippen MR) is 89.9 cm³/mol. The number of rotatable bonds is 6. The Hall–Kier alpha value is -1.28. The van der Waals surface area contributed by atoms with Gasteiger partial charge in [-0.25, -0.2) is 9.78 Å². The van der Waals surface area contributed by atoms with Gasteiger partial charge in [-0.15, -0.1) is 11.3 Å². The number of nitrogens with one attached hydrogen (secondary N) is 1. The fourth-order valence-corrected chi connectivity index (χ4v) is 4.05. The zero-order chi connectivity index (χ0) is 15.9. The summed E-state index contributed by atoms with van der Waals surface area (Å²) in [6, 6.07) is -0.443. The summed E-state index contributed by atoms with van der Waals surface area (Å²) in [6.07, 6.45) is 4.43. The second kappa shape index (κ2) is 8.38. The van der Waals surface area contributed by atoms with Gasteiger partial charge < -0.3 is 16.0 Å². The minimum atomic E-state index is -0.443. The third kappa shape index (κ3) is 4.88. The normalized spacial score (nSPS) is 18.2. The number of amides is 3. The van der Waals surface area contributed by atoms with E-state index >= 15 is 0 Å². The molecule has 1 aliphatic rings. The van der Waals surface area contributed by atoms with Crippen molar-refractivity contribution in [3.63, 3.8) is 0 Å². The molecule has 0 radical (unpaired) electrons. The molecule has 1 aromatic heterocycles. The van der Waals surface area contributed by atoms with Crippen LogP contribution < -0.4 is 11.1 Å². The molecule has 0 bridgehead atoms. The van der Waals surface area contributed by atoms with Gasteiger partial charge in [-0.1, -0.05) is 0 Å². The lowest BCUT2D eigenvalue weighted by molar-refractivity contribution is -0.126. The SMILES string of the molecule is CSCc1nc(CCNC(=O)[C@H]2CCCN(C(N)=O)C2)cs1. The maximum Gasteiger partial charge on any atom is 0.314 e. The van der Waals surface area contributed by atoms with Gasteiger partial charge in [0.15, 0.2) is 0 Å². The Labute approximate surface area is 138 Å². The smallest absolute Gasteiger partial charge is 0.314 e. The van der Waals surface area contributed by atoms with E-state index in [9.17, 15) is 9.59 Å².